The molecule has 3 atom stereocenters. The summed E-state index contributed by atoms with van der Waals surface area (Å²) in [5, 5.41) is 9.48. The molecule has 0 aromatic carbocycles. The van der Waals surface area contributed by atoms with Gasteiger partial charge in [0, 0.05) is 0 Å². The summed E-state index contributed by atoms with van der Waals surface area (Å²) in [6, 6.07) is 0. The normalized spacial score (nSPS) is 62.2. The summed E-state index contributed by atoms with van der Waals surface area (Å²) in [5.74, 6) is 2.10. The van der Waals surface area contributed by atoms with Crippen LogP contribution in [0.25, 0.3) is 0 Å². The minimum atomic E-state index is 0.0208. The van der Waals surface area contributed by atoms with Crippen LogP contribution in [-0.4, -0.2) is 11.2 Å². The van der Waals surface area contributed by atoms with Crippen LogP contribution < -0.4 is 0 Å². The lowest BCUT2D eigenvalue weighted by Crippen LogP contribution is -2.36. The van der Waals surface area contributed by atoms with Crippen LogP contribution in [0.3, 0.4) is 0 Å². The van der Waals surface area contributed by atoms with Gasteiger partial charge in [-0.25, -0.2) is 0 Å². The molecule has 2 aliphatic rings. The first-order chi connectivity index (χ1) is 5.04. The smallest absolute Gasteiger partial charge is 0.0606 e. The molecular formula is C10H18O. The highest BCUT2D eigenvalue weighted by molar-refractivity contribution is 5.08. The second kappa shape index (κ2) is 2.01. The fraction of sp³-hybridized carbons (Fsp3) is 1.00. The Balaban J connectivity index is 1.97. The second-order valence-corrected chi connectivity index (χ2v) is 5.04. The average molecular weight is 154 g/mol. The predicted octanol–water partition coefficient (Wildman–Crippen LogP) is 2.05. The van der Waals surface area contributed by atoms with Crippen molar-refractivity contribution in [3.63, 3.8) is 0 Å². The summed E-state index contributed by atoms with van der Waals surface area (Å²) in [7, 11) is 0. The lowest BCUT2D eigenvalue weighted by Gasteiger charge is -2.44. The molecule has 0 amide bonds. The van der Waals surface area contributed by atoms with E-state index in [9.17, 15) is 5.11 Å². The molecule has 0 heterocycles. The van der Waals surface area contributed by atoms with Crippen molar-refractivity contribution in [3.05, 3.63) is 0 Å². The lowest BCUT2D eigenvalue weighted by molar-refractivity contribution is 0.0405. The first-order valence-corrected chi connectivity index (χ1v) is 4.73. The number of rotatable bonds is 1. The number of aliphatic hydroxyl groups is 1. The largest absolute Gasteiger partial charge is 0.393 e. The van der Waals surface area contributed by atoms with Gasteiger partial charge in [-0.3, -0.25) is 0 Å². The summed E-state index contributed by atoms with van der Waals surface area (Å²) in [5.41, 5.74) is 0.498. The van der Waals surface area contributed by atoms with Crippen LogP contribution in [0.1, 0.15) is 33.6 Å². The molecule has 2 fully saturated rings. The second-order valence-electron chi connectivity index (χ2n) is 5.04. The Labute approximate surface area is 68.8 Å². The summed E-state index contributed by atoms with van der Waals surface area (Å²) < 4.78 is 0. The molecule has 0 aromatic rings. The highest BCUT2D eigenvalue weighted by atomic mass is 16.3. The van der Waals surface area contributed by atoms with E-state index in [1.165, 1.54) is 12.8 Å². The predicted molar refractivity (Wildman–Crippen MR) is 45.2 cm³/mol. The topological polar surface area (TPSA) is 20.2 Å². The Kier molecular flexibility index (Phi) is 1.39. The molecule has 1 nitrogen and oxygen atoms in total. The standard InChI is InChI=1S/C10H18O/c1-6-4-10(3,5-6)8-7(2)9(8)11/h6-9,11H,4-5H2,1-3H3. The van der Waals surface area contributed by atoms with E-state index >= 15 is 0 Å². The van der Waals surface area contributed by atoms with E-state index in [1.807, 2.05) is 0 Å². The van der Waals surface area contributed by atoms with Crippen molar-refractivity contribution in [2.75, 3.05) is 0 Å². The van der Waals surface area contributed by atoms with Gasteiger partial charge < -0.3 is 5.11 Å². The third kappa shape index (κ3) is 0.936. The van der Waals surface area contributed by atoms with Crippen LogP contribution in [0.2, 0.25) is 0 Å². The fourth-order valence-electron chi connectivity index (χ4n) is 3.29. The Morgan fingerprint density at radius 1 is 1.27 bits per heavy atom. The van der Waals surface area contributed by atoms with Crippen LogP contribution in [0, 0.1) is 23.2 Å². The molecular weight excluding hydrogens is 136 g/mol. The summed E-state index contributed by atoms with van der Waals surface area (Å²) in [4.78, 5) is 0. The van der Waals surface area contributed by atoms with Crippen molar-refractivity contribution in [2.24, 2.45) is 23.2 Å². The molecule has 2 saturated carbocycles. The summed E-state index contributed by atoms with van der Waals surface area (Å²) in [6.45, 7) is 6.81. The van der Waals surface area contributed by atoms with Gasteiger partial charge in [-0.05, 0) is 36.0 Å². The SMILES string of the molecule is CC1CC(C)(C2C(C)C2O)C1. The maximum absolute atomic E-state index is 9.48. The molecule has 2 rings (SSSR count). The third-order valence-electron chi connectivity index (χ3n) is 3.77. The molecule has 0 spiro atoms. The van der Waals surface area contributed by atoms with Crippen LogP contribution >= 0.6 is 0 Å². The Morgan fingerprint density at radius 2 is 1.73 bits per heavy atom. The van der Waals surface area contributed by atoms with Gasteiger partial charge in [-0.1, -0.05) is 20.8 Å². The molecule has 2 aliphatic carbocycles. The van der Waals surface area contributed by atoms with E-state index < -0.39 is 0 Å². The molecule has 0 saturated heterocycles. The van der Waals surface area contributed by atoms with Gasteiger partial charge in [0.1, 0.15) is 0 Å². The first-order valence-electron chi connectivity index (χ1n) is 4.73. The van der Waals surface area contributed by atoms with Gasteiger partial charge >= 0.3 is 0 Å². The van der Waals surface area contributed by atoms with Crippen molar-refractivity contribution in [2.45, 2.75) is 39.7 Å². The maximum atomic E-state index is 9.48. The highest BCUT2D eigenvalue weighted by Crippen LogP contribution is 2.61. The molecule has 0 aromatic heterocycles. The van der Waals surface area contributed by atoms with Crippen molar-refractivity contribution < 1.29 is 5.11 Å². The van der Waals surface area contributed by atoms with Crippen LogP contribution in [0.15, 0.2) is 0 Å². The maximum Gasteiger partial charge on any atom is 0.0606 e. The molecule has 11 heavy (non-hydrogen) atoms. The van der Waals surface area contributed by atoms with Crippen LogP contribution in [-0.2, 0) is 0 Å². The molecule has 1 N–H and O–H groups in total. The van der Waals surface area contributed by atoms with E-state index in [2.05, 4.69) is 20.8 Å². The van der Waals surface area contributed by atoms with Crippen LogP contribution in [0.4, 0.5) is 0 Å². The van der Waals surface area contributed by atoms with Gasteiger partial charge in [-0.2, -0.15) is 0 Å². The zero-order chi connectivity index (χ0) is 8.22. The monoisotopic (exact) mass is 154 g/mol. The van der Waals surface area contributed by atoms with Gasteiger partial charge in [0.2, 0.25) is 0 Å². The molecule has 0 bridgehead atoms. The molecule has 3 unspecified atom stereocenters. The minimum absolute atomic E-state index is 0.0208. The zero-order valence-electron chi connectivity index (χ0n) is 7.67. The zero-order valence-corrected chi connectivity index (χ0v) is 7.67. The van der Waals surface area contributed by atoms with E-state index in [1.54, 1.807) is 0 Å². The average Bonchev–Trinajstić information content (AvgIpc) is 2.38. The minimum Gasteiger partial charge on any atom is -0.393 e. The molecule has 0 aliphatic heterocycles. The Bertz CT molecular complexity index is 162. The lowest BCUT2D eigenvalue weighted by atomic mass is 9.61. The fourth-order valence-corrected chi connectivity index (χ4v) is 3.29. The van der Waals surface area contributed by atoms with E-state index in [4.69, 9.17) is 0 Å². The van der Waals surface area contributed by atoms with E-state index in [0.29, 0.717) is 17.3 Å². The van der Waals surface area contributed by atoms with E-state index in [-0.39, 0.29) is 6.10 Å². The molecule has 64 valence electrons. The molecule has 0 radical (unpaired) electrons. The van der Waals surface area contributed by atoms with Crippen LogP contribution in [0.5, 0.6) is 0 Å². The van der Waals surface area contributed by atoms with Gasteiger partial charge in [-0.15, -0.1) is 0 Å². The number of hydrogen-bond donors (Lipinski definition) is 1. The summed E-state index contributed by atoms with van der Waals surface area (Å²) >= 11 is 0. The Morgan fingerprint density at radius 3 is 2.00 bits per heavy atom. The highest BCUT2D eigenvalue weighted by Gasteiger charge is 2.59. The van der Waals surface area contributed by atoms with Gasteiger partial charge in [0.15, 0.2) is 0 Å². The van der Waals surface area contributed by atoms with Gasteiger partial charge in [0.05, 0.1) is 6.10 Å². The molecule has 1 heteroatoms. The third-order valence-corrected chi connectivity index (χ3v) is 3.77. The van der Waals surface area contributed by atoms with Crippen molar-refractivity contribution in [1.29, 1.82) is 0 Å². The van der Waals surface area contributed by atoms with Crippen molar-refractivity contribution in [3.8, 4) is 0 Å². The van der Waals surface area contributed by atoms with Crippen molar-refractivity contribution >= 4 is 0 Å². The number of aliphatic hydroxyl groups excluding tert-OH is 1. The number of hydrogen-bond acceptors (Lipinski definition) is 1. The van der Waals surface area contributed by atoms with Gasteiger partial charge in [0.25, 0.3) is 0 Å². The van der Waals surface area contributed by atoms with Crippen molar-refractivity contribution in [1.82, 2.24) is 0 Å². The quantitative estimate of drug-likeness (QED) is 0.613. The summed E-state index contributed by atoms with van der Waals surface area (Å²) in [6.07, 6.45) is 2.69. The first kappa shape index (κ1) is 7.60. The van der Waals surface area contributed by atoms with E-state index in [0.717, 1.165) is 5.92 Å². The Hall–Kier alpha value is -0.0400.